The Morgan fingerprint density at radius 2 is 2.00 bits per heavy atom. The van der Waals surface area contributed by atoms with Crippen molar-refractivity contribution in [1.82, 2.24) is 14.5 Å². The number of nitrogens with zero attached hydrogens (tertiary/aromatic N) is 4. The van der Waals surface area contributed by atoms with E-state index in [1.54, 1.807) is 6.07 Å². The normalized spacial score (nSPS) is 21.5. The van der Waals surface area contributed by atoms with Crippen molar-refractivity contribution in [3.63, 3.8) is 0 Å². The largest absolute Gasteiger partial charge is 0.377 e. The van der Waals surface area contributed by atoms with Crippen molar-refractivity contribution in [2.75, 3.05) is 44.2 Å². The molecule has 2 saturated heterocycles. The Kier molecular flexibility index (Phi) is 5.87. The van der Waals surface area contributed by atoms with Crippen molar-refractivity contribution in [1.29, 1.82) is 0 Å². The average molecular weight is 392 g/mol. The predicted octanol–water partition coefficient (Wildman–Crippen LogP) is 2.35. The maximum absolute atomic E-state index is 12.6. The van der Waals surface area contributed by atoms with Gasteiger partial charge in [0.15, 0.2) is 0 Å². The summed E-state index contributed by atoms with van der Waals surface area (Å²) >= 11 is 0. The first kappa shape index (κ1) is 19.3. The molecule has 4 rings (SSSR count). The van der Waals surface area contributed by atoms with Crippen molar-refractivity contribution < 1.29 is 13.5 Å². The van der Waals surface area contributed by atoms with Crippen molar-refractivity contribution >= 4 is 16.6 Å². The monoisotopic (exact) mass is 392 g/mol. The highest BCUT2D eigenvalue weighted by molar-refractivity contribution is 5.81. The van der Waals surface area contributed by atoms with Crippen LogP contribution < -0.4 is 10.5 Å². The van der Waals surface area contributed by atoms with Gasteiger partial charge in [-0.05, 0) is 37.5 Å². The highest BCUT2D eigenvalue weighted by Gasteiger charge is 2.22. The molecule has 0 saturated carbocycles. The van der Waals surface area contributed by atoms with Gasteiger partial charge in [-0.15, -0.1) is 0 Å². The second kappa shape index (κ2) is 8.53. The Hall–Kier alpha value is -2.06. The van der Waals surface area contributed by atoms with Gasteiger partial charge in [0, 0.05) is 45.0 Å². The van der Waals surface area contributed by atoms with Crippen LogP contribution >= 0.6 is 0 Å². The fourth-order valence-corrected chi connectivity index (χ4v) is 4.05. The van der Waals surface area contributed by atoms with E-state index >= 15 is 0 Å². The molecule has 2 aromatic rings. The summed E-state index contributed by atoms with van der Waals surface area (Å²) in [4.78, 5) is 21.3. The fourth-order valence-electron chi connectivity index (χ4n) is 4.05. The predicted molar refractivity (Wildman–Crippen MR) is 104 cm³/mol. The molecule has 2 aliphatic heterocycles. The molecule has 2 fully saturated rings. The third-order valence-electron chi connectivity index (χ3n) is 5.62. The number of benzene rings is 1. The molecule has 1 unspecified atom stereocenters. The maximum Gasteiger partial charge on any atom is 0.261 e. The van der Waals surface area contributed by atoms with Crippen LogP contribution in [0.3, 0.4) is 0 Å². The first-order chi connectivity index (χ1) is 13.6. The summed E-state index contributed by atoms with van der Waals surface area (Å²) in [7, 11) is 0. The summed E-state index contributed by atoms with van der Waals surface area (Å²) in [5.41, 5.74) is 1.14. The van der Waals surface area contributed by atoms with E-state index in [1.807, 2.05) is 12.1 Å². The number of fused-ring (bicyclic) bond motifs is 1. The van der Waals surface area contributed by atoms with Gasteiger partial charge in [0.1, 0.15) is 0 Å². The lowest BCUT2D eigenvalue weighted by Gasteiger charge is -2.38. The van der Waals surface area contributed by atoms with Crippen LogP contribution in [0.4, 0.5) is 14.5 Å². The van der Waals surface area contributed by atoms with Crippen molar-refractivity contribution in [3.05, 3.63) is 34.9 Å². The van der Waals surface area contributed by atoms with Gasteiger partial charge in [-0.3, -0.25) is 14.3 Å². The van der Waals surface area contributed by atoms with Crippen LogP contribution in [0.2, 0.25) is 0 Å². The summed E-state index contributed by atoms with van der Waals surface area (Å²) in [6.45, 7) is 5.00. The molecule has 1 atom stereocenters. The molecule has 2 aliphatic rings. The molecule has 0 spiro atoms. The molecule has 28 heavy (non-hydrogen) atoms. The molecule has 0 aliphatic carbocycles. The third-order valence-corrected chi connectivity index (χ3v) is 5.62. The quantitative estimate of drug-likeness (QED) is 0.782. The Bertz CT molecular complexity index is 859. The summed E-state index contributed by atoms with van der Waals surface area (Å²) in [6, 6.07) is 5.46. The van der Waals surface area contributed by atoms with Crippen LogP contribution in [0, 0.1) is 0 Å². The second-order valence-electron chi connectivity index (χ2n) is 7.57. The first-order valence-electron chi connectivity index (χ1n) is 9.96. The number of hydrogen-bond donors (Lipinski definition) is 0. The van der Waals surface area contributed by atoms with Gasteiger partial charge in [-0.2, -0.15) is 0 Å². The zero-order chi connectivity index (χ0) is 19.5. The highest BCUT2D eigenvalue weighted by atomic mass is 19.3. The van der Waals surface area contributed by atoms with Crippen LogP contribution in [0.1, 0.15) is 19.3 Å². The lowest BCUT2D eigenvalue weighted by atomic mass is 10.1. The minimum atomic E-state index is -2.58. The minimum absolute atomic E-state index is 0.362. The number of piperazine rings is 1. The topological polar surface area (TPSA) is 50.6 Å². The lowest BCUT2D eigenvalue weighted by molar-refractivity contribution is -0.00645. The zero-order valence-electron chi connectivity index (χ0n) is 15.9. The molecule has 8 heteroatoms. The van der Waals surface area contributed by atoms with Crippen molar-refractivity contribution in [2.45, 2.75) is 38.3 Å². The molecule has 152 valence electrons. The number of aromatic nitrogens is 2. The summed E-state index contributed by atoms with van der Waals surface area (Å²) in [5.74, 6) is 0. The van der Waals surface area contributed by atoms with Crippen molar-refractivity contribution in [3.8, 4) is 0 Å². The van der Waals surface area contributed by atoms with E-state index in [4.69, 9.17) is 4.74 Å². The summed E-state index contributed by atoms with van der Waals surface area (Å²) in [5, 5.41) is 0.375. The smallest absolute Gasteiger partial charge is 0.261 e. The summed E-state index contributed by atoms with van der Waals surface area (Å²) in [6.07, 6.45) is 2.58. The number of ether oxygens (including phenoxy) is 1. The lowest BCUT2D eigenvalue weighted by Crippen LogP contribution is -2.49. The Balaban J connectivity index is 1.41. The molecule has 0 amide bonds. The van der Waals surface area contributed by atoms with Gasteiger partial charge in [-0.25, -0.2) is 13.8 Å². The SMILES string of the molecule is O=c1c2ccc(N3CCN(CC4CCCCO4)CC3)cc2ncn1CC(F)F. The number of anilines is 1. The molecule has 1 aromatic carbocycles. The average Bonchev–Trinajstić information content (AvgIpc) is 2.71. The second-order valence-corrected chi connectivity index (χ2v) is 7.57. The van der Waals surface area contributed by atoms with E-state index in [0.29, 0.717) is 17.0 Å². The van der Waals surface area contributed by atoms with Gasteiger partial charge in [0.25, 0.3) is 12.0 Å². The van der Waals surface area contributed by atoms with E-state index < -0.39 is 18.5 Å². The molecule has 0 radical (unpaired) electrons. The van der Waals surface area contributed by atoms with E-state index in [1.165, 1.54) is 19.2 Å². The standard InChI is InChI=1S/C20H26F2N4O2/c21-19(22)13-26-14-23-18-11-15(4-5-17(18)20(26)27)25-8-6-24(7-9-25)12-16-3-1-2-10-28-16/h4-5,11,14,16,19H,1-3,6-10,12-13H2. The number of rotatable bonds is 5. The zero-order valence-corrected chi connectivity index (χ0v) is 15.9. The van der Waals surface area contributed by atoms with Crippen molar-refractivity contribution in [2.24, 2.45) is 0 Å². The molecular weight excluding hydrogens is 366 g/mol. The van der Waals surface area contributed by atoms with E-state index in [2.05, 4.69) is 14.8 Å². The third kappa shape index (κ3) is 4.33. The molecule has 1 aromatic heterocycles. The van der Waals surface area contributed by atoms with E-state index in [9.17, 15) is 13.6 Å². The van der Waals surface area contributed by atoms with Gasteiger partial charge in [0.05, 0.1) is 29.9 Å². The van der Waals surface area contributed by atoms with Gasteiger partial charge in [-0.1, -0.05) is 0 Å². The fraction of sp³-hybridized carbons (Fsp3) is 0.600. The van der Waals surface area contributed by atoms with Crippen LogP contribution in [0.25, 0.3) is 10.9 Å². The minimum Gasteiger partial charge on any atom is -0.377 e. The molecule has 0 bridgehead atoms. The van der Waals surface area contributed by atoms with Crippen LogP contribution in [0.15, 0.2) is 29.3 Å². The summed E-state index contributed by atoms with van der Waals surface area (Å²) < 4.78 is 32.0. The van der Waals surface area contributed by atoms with Crippen LogP contribution in [0.5, 0.6) is 0 Å². The molecular formula is C20H26F2N4O2. The number of halogens is 2. The van der Waals surface area contributed by atoms with Gasteiger partial charge < -0.3 is 9.64 Å². The Labute approximate surface area is 162 Å². The Morgan fingerprint density at radius 1 is 1.18 bits per heavy atom. The van der Waals surface area contributed by atoms with Gasteiger partial charge >= 0.3 is 0 Å². The first-order valence-corrected chi connectivity index (χ1v) is 9.96. The van der Waals surface area contributed by atoms with E-state index in [0.717, 1.165) is 56.0 Å². The molecule has 3 heterocycles. The van der Waals surface area contributed by atoms with E-state index in [-0.39, 0.29) is 0 Å². The maximum atomic E-state index is 12.6. The number of hydrogen-bond acceptors (Lipinski definition) is 5. The van der Waals surface area contributed by atoms with Crippen LogP contribution in [-0.2, 0) is 11.3 Å². The number of alkyl halides is 2. The molecule has 6 nitrogen and oxygen atoms in total. The molecule has 0 N–H and O–H groups in total. The Morgan fingerprint density at radius 3 is 2.71 bits per heavy atom. The highest BCUT2D eigenvalue weighted by Crippen LogP contribution is 2.21. The van der Waals surface area contributed by atoms with Gasteiger partial charge in [0.2, 0.25) is 0 Å². The van der Waals surface area contributed by atoms with Crippen LogP contribution in [-0.4, -0.2) is 66.3 Å².